The van der Waals surface area contributed by atoms with Gasteiger partial charge in [-0.05, 0) is 24.5 Å². The zero-order chi connectivity index (χ0) is 14.1. The number of hydrogen-bond acceptors (Lipinski definition) is 3. The highest BCUT2D eigenvalue weighted by Crippen LogP contribution is 2.23. The van der Waals surface area contributed by atoms with E-state index in [0.717, 1.165) is 11.3 Å². The maximum atomic E-state index is 11.9. The Bertz CT molecular complexity index is 437. The molecule has 19 heavy (non-hydrogen) atoms. The Morgan fingerprint density at radius 2 is 2.05 bits per heavy atom. The van der Waals surface area contributed by atoms with Crippen molar-refractivity contribution in [2.24, 2.45) is 5.92 Å². The Balaban J connectivity index is 2.79. The summed E-state index contributed by atoms with van der Waals surface area (Å²) >= 11 is 0. The lowest BCUT2D eigenvalue weighted by atomic mass is 9.95. The van der Waals surface area contributed by atoms with Crippen LogP contribution in [0.5, 0.6) is 5.75 Å². The van der Waals surface area contributed by atoms with Gasteiger partial charge in [-0.1, -0.05) is 36.9 Å². The zero-order valence-corrected chi connectivity index (χ0v) is 11.3. The van der Waals surface area contributed by atoms with Crippen LogP contribution < -0.4 is 4.74 Å². The number of carbonyl (C=O) groups excluding carboxylic acids is 1. The zero-order valence-electron chi connectivity index (χ0n) is 11.3. The highest BCUT2D eigenvalue weighted by atomic mass is 16.5. The second-order valence-electron chi connectivity index (χ2n) is 4.16. The number of allylic oxidation sites excluding steroid dienone is 1. The van der Waals surface area contributed by atoms with Crippen LogP contribution in [0.25, 0.3) is 0 Å². The summed E-state index contributed by atoms with van der Waals surface area (Å²) in [5.41, 5.74) is 0.993. The molecule has 0 radical (unpaired) electrons. The van der Waals surface area contributed by atoms with E-state index in [0.29, 0.717) is 12.8 Å². The Hall–Kier alpha value is -2.03. The topological polar surface area (TPSA) is 35.5 Å². The molecule has 1 rings (SSSR count). The molecule has 0 aliphatic carbocycles. The minimum Gasteiger partial charge on any atom is -0.496 e. The molecule has 3 nitrogen and oxygen atoms in total. The first-order chi connectivity index (χ1) is 9.22. The molecule has 102 valence electrons. The van der Waals surface area contributed by atoms with Gasteiger partial charge in [0.1, 0.15) is 12.4 Å². The van der Waals surface area contributed by atoms with Crippen molar-refractivity contribution in [3.63, 3.8) is 0 Å². The minimum absolute atomic E-state index is 0.231. The highest BCUT2D eigenvalue weighted by molar-refractivity contribution is 5.73. The molecule has 1 aromatic rings. The summed E-state index contributed by atoms with van der Waals surface area (Å²) in [6.45, 7) is 7.45. The van der Waals surface area contributed by atoms with Gasteiger partial charge in [0.25, 0.3) is 0 Å². The van der Waals surface area contributed by atoms with E-state index in [4.69, 9.17) is 9.47 Å². The quantitative estimate of drug-likeness (QED) is 0.532. The molecule has 0 aliphatic rings. The predicted octanol–water partition coefficient (Wildman–Crippen LogP) is 3.16. The molecule has 0 bridgehead atoms. The molecule has 0 spiro atoms. The number of ether oxygens (including phenoxy) is 2. The Labute approximate surface area is 114 Å². The van der Waals surface area contributed by atoms with Crippen LogP contribution in [0.3, 0.4) is 0 Å². The van der Waals surface area contributed by atoms with Crippen LogP contribution in [0.15, 0.2) is 49.6 Å². The maximum absolute atomic E-state index is 11.9. The number of benzene rings is 1. The van der Waals surface area contributed by atoms with Crippen LogP contribution in [0, 0.1) is 5.92 Å². The third-order valence-electron chi connectivity index (χ3n) is 2.79. The summed E-state index contributed by atoms with van der Waals surface area (Å²) in [5, 5.41) is 0. The number of para-hydroxylation sites is 1. The van der Waals surface area contributed by atoms with E-state index < -0.39 is 0 Å². The van der Waals surface area contributed by atoms with Crippen molar-refractivity contribution >= 4 is 5.97 Å². The minimum atomic E-state index is -0.242. The van der Waals surface area contributed by atoms with E-state index >= 15 is 0 Å². The van der Waals surface area contributed by atoms with Crippen molar-refractivity contribution in [2.75, 3.05) is 13.7 Å². The SMILES string of the molecule is C=CCOC(=O)[C@H](CC=C)Cc1ccccc1OC. The molecule has 0 aromatic heterocycles. The van der Waals surface area contributed by atoms with Crippen LogP contribution in [-0.4, -0.2) is 19.7 Å². The summed E-state index contributed by atoms with van der Waals surface area (Å²) in [7, 11) is 1.62. The van der Waals surface area contributed by atoms with Gasteiger partial charge in [0.15, 0.2) is 0 Å². The van der Waals surface area contributed by atoms with Crippen molar-refractivity contribution in [1.29, 1.82) is 0 Å². The van der Waals surface area contributed by atoms with Gasteiger partial charge in [0.05, 0.1) is 13.0 Å². The second kappa shape index (κ2) is 8.14. The summed E-state index contributed by atoms with van der Waals surface area (Å²) < 4.78 is 10.4. The summed E-state index contributed by atoms with van der Waals surface area (Å²) in [5.74, 6) is 0.313. The van der Waals surface area contributed by atoms with Gasteiger partial charge in [-0.25, -0.2) is 0 Å². The first-order valence-corrected chi connectivity index (χ1v) is 6.23. The van der Waals surface area contributed by atoms with E-state index in [2.05, 4.69) is 13.2 Å². The number of carbonyl (C=O) groups is 1. The highest BCUT2D eigenvalue weighted by Gasteiger charge is 2.20. The molecular formula is C16H20O3. The molecule has 1 aromatic carbocycles. The van der Waals surface area contributed by atoms with Gasteiger partial charge >= 0.3 is 5.97 Å². The van der Waals surface area contributed by atoms with Gasteiger partial charge < -0.3 is 9.47 Å². The fraction of sp³-hybridized carbons (Fsp3) is 0.312. The Morgan fingerprint density at radius 3 is 2.68 bits per heavy atom. The first kappa shape index (κ1) is 15.0. The van der Waals surface area contributed by atoms with Crippen molar-refractivity contribution in [3.05, 3.63) is 55.1 Å². The lowest BCUT2D eigenvalue weighted by molar-refractivity contribution is -0.147. The normalized spacial score (nSPS) is 11.4. The molecule has 1 atom stereocenters. The van der Waals surface area contributed by atoms with Crippen molar-refractivity contribution < 1.29 is 14.3 Å². The predicted molar refractivity (Wildman–Crippen MR) is 76.2 cm³/mol. The van der Waals surface area contributed by atoms with Crippen molar-refractivity contribution in [3.8, 4) is 5.75 Å². The molecule has 0 heterocycles. The fourth-order valence-electron chi connectivity index (χ4n) is 1.86. The van der Waals surface area contributed by atoms with Crippen molar-refractivity contribution in [2.45, 2.75) is 12.8 Å². The van der Waals surface area contributed by atoms with Crippen molar-refractivity contribution in [1.82, 2.24) is 0 Å². The number of esters is 1. The smallest absolute Gasteiger partial charge is 0.309 e. The van der Waals surface area contributed by atoms with Gasteiger partial charge in [0, 0.05) is 0 Å². The molecule has 0 unspecified atom stereocenters. The van der Waals surface area contributed by atoms with Crippen LogP contribution in [0.4, 0.5) is 0 Å². The number of hydrogen-bond donors (Lipinski definition) is 0. The summed E-state index contributed by atoms with van der Waals surface area (Å²) in [4.78, 5) is 11.9. The van der Waals surface area contributed by atoms with Gasteiger partial charge in [-0.2, -0.15) is 0 Å². The van der Waals surface area contributed by atoms with E-state index in [9.17, 15) is 4.79 Å². The first-order valence-electron chi connectivity index (χ1n) is 6.23. The third kappa shape index (κ3) is 4.62. The van der Waals surface area contributed by atoms with E-state index in [1.807, 2.05) is 24.3 Å². The van der Waals surface area contributed by atoms with Crippen LogP contribution in [-0.2, 0) is 16.0 Å². The van der Waals surface area contributed by atoms with E-state index in [1.165, 1.54) is 0 Å². The lowest BCUT2D eigenvalue weighted by Gasteiger charge is -2.15. The van der Waals surface area contributed by atoms with Gasteiger partial charge in [-0.3, -0.25) is 4.79 Å². The molecule has 0 saturated heterocycles. The van der Waals surface area contributed by atoms with Crippen LogP contribution in [0.1, 0.15) is 12.0 Å². The van der Waals surface area contributed by atoms with Crippen LogP contribution >= 0.6 is 0 Å². The molecule has 0 saturated carbocycles. The van der Waals surface area contributed by atoms with E-state index in [1.54, 1.807) is 19.3 Å². The third-order valence-corrected chi connectivity index (χ3v) is 2.79. The molecule has 0 amide bonds. The number of methoxy groups -OCH3 is 1. The molecular weight excluding hydrogens is 240 g/mol. The van der Waals surface area contributed by atoms with E-state index in [-0.39, 0.29) is 18.5 Å². The fourth-order valence-corrected chi connectivity index (χ4v) is 1.86. The summed E-state index contributed by atoms with van der Waals surface area (Å²) in [6.07, 6.45) is 4.45. The van der Waals surface area contributed by atoms with Gasteiger partial charge in [-0.15, -0.1) is 6.58 Å². The second-order valence-corrected chi connectivity index (χ2v) is 4.16. The molecule has 0 aliphatic heterocycles. The summed E-state index contributed by atoms with van der Waals surface area (Å²) in [6, 6.07) is 7.67. The maximum Gasteiger partial charge on any atom is 0.309 e. The standard InChI is InChI=1S/C16H20O3/c1-4-8-14(16(17)19-11-5-2)12-13-9-6-7-10-15(13)18-3/h4-7,9-10,14H,1-2,8,11-12H2,3H3/t14-/m1/s1. The average molecular weight is 260 g/mol. The molecule has 0 N–H and O–H groups in total. The lowest BCUT2D eigenvalue weighted by Crippen LogP contribution is -2.20. The Kier molecular flexibility index (Phi) is 6.44. The monoisotopic (exact) mass is 260 g/mol. The molecule has 0 fully saturated rings. The number of rotatable bonds is 8. The van der Waals surface area contributed by atoms with Gasteiger partial charge in [0.2, 0.25) is 0 Å². The molecule has 3 heteroatoms. The Morgan fingerprint density at radius 1 is 1.32 bits per heavy atom. The average Bonchev–Trinajstić information content (AvgIpc) is 2.44. The van der Waals surface area contributed by atoms with Crippen LogP contribution in [0.2, 0.25) is 0 Å². The largest absolute Gasteiger partial charge is 0.496 e.